The topological polar surface area (TPSA) is 44.4 Å². The molecule has 1 saturated carbocycles. The van der Waals surface area contributed by atoms with Gasteiger partial charge in [-0.1, -0.05) is 12.8 Å². The maximum absolute atomic E-state index is 12.0. The Hall–Kier alpha value is -1.55. The van der Waals surface area contributed by atoms with E-state index in [0.29, 0.717) is 12.6 Å². The second-order valence-corrected chi connectivity index (χ2v) is 6.51. The van der Waals surface area contributed by atoms with E-state index in [9.17, 15) is 4.79 Å². The van der Waals surface area contributed by atoms with E-state index < -0.39 is 0 Å². The van der Waals surface area contributed by atoms with Crippen molar-refractivity contribution in [2.24, 2.45) is 0 Å². The monoisotopic (exact) mass is 301 g/mol. The number of hydrogen-bond acceptors (Lipinski definition) is 3. The Morgan fingerprint density at radius 2 is 1.68 bits per heavy atom. The third kappa shape index (κ3) is 4.23. The van der Waals surface area contributed by atoms with E-state index in [1.807, 2.05) is 12.1 Å². The van der Waals surface area contributed by atoms with Crippen LogP contribution >= 0.6 is 0 Å². The number of hydrogen-bond donors (Lipinski definition) is 2. The third-order valence-corrected chi connectivity index (χ3v) is 4.78. The van der Waals surface area contributed by atoms with E-state index in [2.05, 4.69) is 27.7 Å². The number of amides is 1. The van der Waals surface area contributed by atoms with E-state index in [0.717, 1.165) is 18.8 Å². The molecule has 1 aliphatic heterocycles. The average molecular weight is 301 g/mol. The lowest BCUT2D eigenvalue weighted by Gasteiger charge is -2.28. The van der Waals surface area contributed by atoms with E-state index in [4.69, 9.17) is 0 Å². The molecule has 0 spiro atoms. The van der Waals surface area contributed by atoms with Gasteiger partial charge in [0.05, 0.1) is 6.54 Å². The summed E-state index contributed by atoms with van der Waals surface area (Å²) in [5.74, 6) is 0.0534. The molecule has 4 heteroatoms. The number of nitrogens with one attached hydrogen (secondary N) is 2. The number of piperidine rings is 1. The maximum Gasteiger partial charge on any atom is 0.238 e. The van der Waals surface area contributed by atoms with Crippen molar-refractivity contribution >= 4 is 17.3 Å². The Kier molecular flexibility index (Phi) is 5.33. The lowest BCUT2D eigenvalue weighted by Crippen LogP contribution is -2.34. The van der Waals surface area contributed by atoms with Gasteiger partial charge in [0.25, 0.3) is 0 Å². The van der Waals surface area contributed by atoms with Crippen LogP contribution in [0.5, 0.6) is 0 Å². The number of carbonyl (C=O) groups excluding carboxylic acids is 1. The van der Waals surface area contributed by atoms with Gasteiger partial charge in [0.1, 0.15) is 0 Å². The minimum absolute atomic E-state index is 0.0534. The summed E-state index contributed by atoms with van der Waals surface area (Å²) in [6.07, 6.45) is 8.90. The molecule has 1 heterocycles. The van der Waals surface area contributed by atoms with Crippen LogP contribution in [-0.2, 0) is 4.79 Å². The first-order valence-electron chi connectivity index (χ1n) is 8.69. The summed E-state index contributed by atoms with van der Waals surface area (Å²) < 4.78 is 0. The van der Waals surface area contributed by atoms with E-state index in [-0.39, 0.29) is 5.91 Å². The zero-order valence-corrected chi connectivity index (χ0v) is 13.3. The van der Waals surface area contributed by atoms with Gasteiger partial charge in [0.15, 0.2) is 0 Å². The van der Waals surface area contributed by atoms with Gasteiger partial charge >= 0.3 is 0 Å². The van der Waals surface area contributed by atoms with Crippen molar-refractivity contribution < 1.29 is 4.79 Å². The summed E-state index contributed by atoms with van der Waals surface area (Å²) in [5.41, 5.74) is 2.15. The van der Waals surface area contributed by atoms with E-state index >= 15 is 0 Å². The molecule has 3 rings (SSSR count). The lowest BCUT2D eigenvalue weighted by molar-refractivity contribution is -0.115. The summed E-state index contributed by atoms with van der Waals surface area (Å²) in [7, 11) is 0. The molecule has 1 aromatic carbocycles. The quantitative estimate of drug-likeness (QED) is 0.878. The molecule has 1 amide bonds. The predicted octanol–water partition coefficient (Wildman–Crippen LogP) is 3.15. The normalized spacial score (nSPS) is 19.4. The molecule has 0 radical (unpaired) electrons. The van der Waals surface area contributed by atoms with Gasteiger partial charge in [0.2, 0.25) is 5.91 Å². The second kappa shape index (κ2) is 7.63. The van der Waals surface area contributed by atoms with Crippen molar-refractivity contribution in [2.45, 2.75) is 51.0 Å². The number of benzene rings is 1. The first kappa shape index (κ1) is 15.3. The summed E-state index contributed by atoms with van der Waals surface area (Å²) in [6, 6.07) is 8.79. The summed E-state index contributed by atoms with van der Waals surface area (Å²) in [5, 5.41) is 6.32. The molecule has 1 aliphatic carbocycles. The molecular weight excluding hydrogens is 274 g/mol. The van der Waals surface area contributed by atoms with Crippen molar-refractivity contribution in [3.63, 3.8) is 0 Å². The molecule has 1 saturated heterocycles. The fourth-order valence-electron chi connectivity index (χ4n) is 3.48. The molecule has 2 fully saturated rings. The number of anilines is 2. The largest absolute Gasteiger partial charge is 0.372 e. The number of rotatable bonds is 5. The molecule has 0 unspecified atom stereocenters. The van der Waals surface area contributed by atoms with Gasteiger partial charge in [-0.05, 0) is 56.4 Å². The first-order chi connectivity index (χ1) is 10.8. The predicted molar refractivity (Wildman–Crippen MR) is 91.4 cm³/mol. The highest BCUT2D eigenvalue weighted by Gasteiger charge is 2.15. The van der Waals surface area contributed by atoms with Crippen molar-refractivity contribution in [3.8, 4) is 0 Å². The molecule has 22 heavy (non-hydrogen) atoms. The minimum Gasteiger partial charge on any atom is -0.372 e. The Labute approximate surface area is 133 Å². The number of carbonyl (C=O) groups is 1. The van der Waals surface area contributed by atoms with Crippen LogP contribution in [0, 0.1) is 0 Å². The molecule has 120 valence electrons. The lowest BCUT2D eigenvalue weighted by atomic mass is 10.1. The van der Waals surface area contributed by atoms with E-state index in [1.54, 1.807) is 0 Å². The van der Waals surface area contributed by atoms with Crippen LogP contribution in [0.3, 0.4) is 0 Å². The second-order valence-electron chi connectivity index (χ2n) is 6.51. The average Bonchev–Trinajstić information content (AvgIpc) is 3.08. The van der Waals surface area contributed by atoms with Crippen molar-refractivity contribution in [2.75, 3.05) is 29.9 Å². The van der Waals surface area contributed by atoms with Crippen molar-refractivity contribution in [3.05, 3.63) is 24.3 Å². The fourth-order valence-corrected chi connectivity index (χ4v) is 3.48. The van der Waals surface area contributed by atoms with Crippen LogP contribution in [0.1, 0.15) is 44.9 Å². The van der Waals surface area contributed by atoms with Gasteiger partial charge in [-0.25, -0.2) is 0 Å². The minimum atomic E-state index is 0.0534. The summed E-state index contributed by atoms with van der Waals surface area (Å²) in [6.45, 7) is 2.71. The van der Waals surface area contributed by atoms with E-state index in [1.165, 1.54) is 50.6 Å². The molecule has 2 aliphatic rings. The van der Waals surface area contributed by atoms with Crippen LogP contribution in [0.25, 0.3) is 0 Å². The SMILES string of the molecule is O=C(CNC1CCCC1)Nc1ccc(N2CCCCC2)cc1. The van der Waals surface area contributed by atoms with Crippen LogP contribution in [0.2, 0.25) is 0 Å². The Bertz CT molecular complexity index is 474. The highest BCUT2D eigenvalue weighted by molar-refractivity contribution is 5.92. The smallest absolute Gasteiger partial charge is 0.238 e. The van der Waals surface area contributed by atoms with Crippen molar-refractivity contribution in [1.29, 1.82) is 0 Å². The van der Waals surface area contributed by atoms with Crippen LogP contribution in [-0.4, -0.2) is 31.6 Å². The Morgan fingerprint density at radius 3 is 2.36 bits per heavy atom. The van der Waals surface area contributed by atoms with Gasteiger partial charge in [0, 0.05) is 30.5 Å². The molecular formula is C18H27N3O. The zero-order valence-electron chi connectivity index (χ0n) is 13.3. The summed E-state index contributed by atoms with van der Waals surface area (Å²) >= 11 is 0. The molecule has 0 atom stereocenters. The Morgan fingerprint density at radius 1 is 1.00 bits per heavy atom. The van der Waals surface area contributed by atoms with Crippen LogP contribution < -0.4 is 15.5 Å². The molecule has 0 bridgehead atoms. The Balaban J connectivity index is 1.46. The molecule has 1 aromatic rings. The molecule has 0 aromatic heterocycles. The van der Waals surface area contributed by atoms with Gasteiger partial charge in [-0.3, -0.25) is 4.79 Å². The van der Waals surface area contributed by atoms with Crippen LogP contribution in [0.4, 0.5) is 11.4 Å². The van der Waals surface area contributed by atoms with Gasteiger partial charge in [-0.15, -0.1) is 0 Å². The zero-order chi connectivity index (χ0) is 15.2. The van der Waals surface area contributed by atoms with Crippen LogP contribution in [0.15, 0.2) is 24.3 Å². The molecule has 4 nitrogen and oxygen atoms in total. The molecule has 2 N–H and O–H groups in total. The maximum atomic E-state index is 12.0. The number of nitrogens with zero attached hydrogens (tertiary/aromatic N) is 1. The standard InChI is InChI=1S/C18H27N3O/c22-18(14-19-15-6-2-3-7-15)20-16-8-10-17(11-9-16)21-12-4-1-5-13-21/h8-11,15,19H,1-7,12-14H2,(H,20,22). The summed E-state index contributed by atoms with van der Waals surface area (Å²) in [4.78, 5) is 14.4. The first-order valence-corrected chi connectivity index (χ1v) is 8.69. The van der Waals surface area contributed by atoms with Gasteiger partial charge in [-0.2, -0.15) is 0 Å². The van der Waals surface area contributed by atoms with Gasteiger partial charge < -0.3 is 15.5 Å². The highest BCUT2D eigenvalue weighted by atomic mass is 16.1. The van der Waals surface area contributed by atoms with Crippen molar-refractivity contribution in [1.82, 2.24) is 5.32 Å². The highest BCUT2D eigenvalue weighted by Crippen LogP contribution is 2.22. The third-order valence-electron chi connectivity index (χ3n) is 4.78. The fraction of sp³-hybridized carbons (Fsp3) is 0.611.